The predicted molar refractivity (Wildman–Crippen MR) is 74.3 cm³/mol. The molecule has 2 N–H and O–H groups in total. The number of rotatable bonds is 2. The van der Waals surface area contributed by atoms with Crippen LogP contribution in [0, 0.1) is 0 Å². The van der Waals surface area contributed by atoms with Crippen LogP contribution in [0.1, 0.15) is 31.5 Å². The van der Waals surface area contributed by atoms with Crippen molar-refractivity contribution in [3.63, 3.8) is 0 Å². The summed E-state index contributed by atoms with van der Waals surface area (Å²) in [5.41, 5.74) is 6.97. The molecule has 0 saturated heterocycles. The van der Waals surface area contributed by atoms with Crippen LogP contribution in [0.4, 0.5) is 5.82 Å². The van der Waals surface area contributed by atoms with Gasteiger partial charge in [-0.25, -0.2) is 9.67 Å². The summed E-state index contributed by atoms with van der Waals surface area (Å²) in [7, 11) is 0. The van der Waals surface area contributed by atoms with Crippen molar-refractivity contribution < 1.29 is 0 Å². The molecule has 2 heterocycles. The summed E-state index contributed by atoms with van der Waals surface area (Å²) in [6.45, 7) is 7.10. The second-order valence-corrected chi connectivity index (χ2v) is 6.64. The monoisotopic (exact) mass is 314 g/mol. The van der Waals surface area contributed by atoms with Crippen LogP contribution >= 0.6 is 27.3 Å². The smallest absolute Gasteiger partial charge is 0.136 e. The van der Waals surface area contributed by atoms with Gasteiger partial charge in [-0.05, 0) is 15.9 Å². The van der Waals surface area contributed by atoms with Gasteiger partial charge in [-0.3, -0.25) is 0 Å². The van der Waals surface area contributed by atoms with Gasteiger partial charge in [0, 0.05) is 10.8 Å². The average Bonchev–Trinajstić information content (AvgIpc) is 2.80. The van der Waals surface area contributed by atoms with E-state index >= 15 is 0 Å². The van der Waals surface area contributed by atoms with Gasteiger partial charge in [0.2, 0.25) is 0 Å². The molecule has 0 bridgehead atoms. The molecule has 2 aromatic rings. The Morgan fingerprint density at radius 2 is 2.18 bits per heavy atom. The first-order valence-corrected chi connectivity index (χ1v) is 6.97. The van der Waals surface area contributed by atoms with E-state index in [9.17, 15) is 0 Å². The number of nitrogens with zero attached hydrogens (tertiary/aromatic N) is 3. The van der Waals surface area contributed by atoms with Gasteiger partial charge in [-0.2, -0.15) is 5.10 Å². The molecular formula is C11H15BrN4S. The molecule has 6 heteroatoms. The number of hydrogen-bond donors (Lipinski definition) is 1. The van der Waals surface area contributed by atoms with Crippen LogP contribution in [-0.2, 0) is 12.0 Å². The van der Waals surface area contributed by atoms with Crippen molar-refractivity contribution in [2.45, 2.75) is 32.7 Å². The van der Waals surface area contributed by atoms with Crippen molar-refractivity contribution >= 4 is 33.1 Å². The summed E-state index contributed by atoms with van der Waals surface area (Å²) in [4.78, 5) is 4.61. The van der Waals surface area contributed by atoms with Gasteiger partial charge in [0.15, 0.2) is 0 Å². The molecule has 0 radical (unpaired) electrons. The molecule has 0 atom stereocenters. The number of anilines is 1. The summed E-state index contributed by atoms with van der Waals surface area (Å²) in [5, 5.41) is 7.39. The Hall–Kier alpha value is -0.880. The number of halogens is 1. The van der Waals surface area contributed by atoms with Crippen molar-refractivity contribution in [1.29, 1.82) is 0 Å². The maximum absolute atomic E-state index is 5.87. The SMILES string of the molecule is CC(C)(C)c1nc(Cn2ncc(Br)c2N)cs1. The molecule has 92 valence electrons. The number of thiazole rings is 1. The van der Waals surface area contributed by atoms with Crippen LogP contribution in [0.2, 0.25) is 0 Å². The second kappa shape index (κ2) is 4.42. The quantitative estimate of drug-likeness (QED) is 0.927. The van der Waals surface area contributed by atoms with Crippen LogP contribution in [0.25, 0.3) is 0 Å². The van der Waals surface area contributed by atoms with E-state index in [2.05, 4.69) is 52.2 Å². The lowest BCUT2D eigenvalue weighted by atomic mass is 9.98. The average molecular weight is 315 g/mol. The molecule has 0 aliphatic rings. The number of nitrogen functional groups attached to an aromatic ring is 1. The van der Waals surface area contributed by atoms with Gasteiger partial charge in [-0.15, -0.1) is 11.3 Å². The standard InChI is InChI=1S/C11H15BrN4S/c1-11(2,3)10-15-7(6-17-10)5-16-9(13)8(12)4-14-16/h4,6H,5,13H2,1-3H3. The second-order valence-electron chi connectivity index (χ2n) is 4.93. The lowest BCUT2D eigenvalue weighted by Gasteiger charge is -2.13. The van der Waals surface area contributed by atoms with Crippen molar-refractivity contribution in [2.75, 3.05) is 5.73 Å². The molecular weight excluding hydrogens is 300 g/mol. The highest BCUT2D eigenvalue weighted by molar-refractivity contribution is 9.10. The fourth-order valence-corrected chi connectivity index (χ4v) is 2.57. The van der Waals surface area contributed by atoms with Gasteiger partial charge in [0.1, 0.15) is 5.82 Å². The van der Waals surface area contributed by atoms with Crippen molar-refractivity contribution in [3.05, 3.63) is 26.8 Å². The Morgan fingerprint density at radius 3 is 2.65 bits per heavy atom. The predicted octanol–water partition coefficient (Wildman–Crippen LogP) is 3.03. The molecule has 2 aromatic heterocycles. The third kappa shape index (κ3) is 2.69. The maximum Gasteiger partial charge on any atom is 0.136 e. The minimum Gasteiger partial charge on any atom is -0.383 e. The van der Waals surface area contributed by atoms with E-state index in [4.69, 9.17) is 5.73 Å². The molecule has 0 aliphatic carbocycles. The molecule has 0 aromatic carbocycles. The van der Waals surface area contributed by atoms with Crippen LogP contribution in [0.3, 0.4) is 0 Å². The Bertz CT molecular complexity index is 524. The molecule has 0 amide bonds. The molecule has 0 fully saturated rings. The lowest BCUT2D eigenvalue weighted by Crippen LogP contribution is -2.11. The first-order chi connectivity index (χ1) is 7.88. The Labute approximate surface area is 113 Å². The van der Waals surface area contributed by atoms with Crippen molar-refractivity contribution in [3.8, 4) is 0 Å². The van der Waals surface area contributed by atoms with Gasteiger partial charge in [-0.1, -0.05) is 20.8 Å². The summed E-state index contributed by atoms with van der Waals surface area (Å²) >= 11 is 5.02. The summed E-state index contributed by atoms with van der Waals surface area (Å²) in [6, 6.07) is 0. The summed E-state index contributed by atoms with van der Waals surface area (Å²) in [6.07, 6.45) is 1.70. The zero-order valence-electron chi connectivity index (χ0n) is 10.1. The Kier molecular flexibility index (Phi) is 3.27. The zero-order chi connectivity index (χ0) is 12.6. The molecule has 4 nitrogen and oxygen atoms in total. The molecule has 2 rings (SSSR count). The molecule has 0 unspecified atom stereocenters. The summed E-state index contributed by atoms with van der Waals surface area (Å²) in [5.74, 6) is 0.635. The topological polar surface area (TPSA) is 56.7 Å². The summed E-state index contributed by atoms with van der Waals surface area (Å²) < 4.78 is 2.56. The molecule has 0 spiro atoms. The Morgan fingerprint density at radius 1 is 1.47 bits per heavy atom. The van der Waals surface area contributed by atoms with E-state index in [1.807, 2.05) is 0 Å². The Balaban J connectivity index is 2.20. The van der Waals surface area contributed by atoms with E-state index in [-0.39, 0.29) is 5.41 Å². The lowest BCUT2D eigenvalue weighted by molar-refractivity contribution is 0.579. The van der Waals surface area contributed by atoms with Crippen LogP contribution in [0.5, 0.6) is 0 Å². The minimum atomic E-state index is 0.0964. The van der Waals surface area contributed by atoms with E-state index in [1.165, 1.54) is 0 Å². The maximum atomic E-state index is 5.87. The van der Waals surface area contributed by atoms with E-state index in [0.29, 0.717) is 12.4 Å². The largest absolute Gasteiger partial charge is 0.383 e. The highest BCUT2D eigenvalue weighted by atomic mass is 79.9. The van der Waals surface area contributed by atoms with E-state index in [0.717, 1.165) is 15.2 Å². The molecule has 0 saturated carbocycles. The van der Waals surface area contributed by atoms with Gasteiger partial charge >= 0.3 is 0 Å². The first kappa shape index (κ1) is 12.6. The minimum absolute atomic E-state index is 0.0964. The van der Waals surface area contributed by atoms with Crippen molar-refractivity contribution in [2.24, 2.45) is 0 Å². The number of aromatic nitrogens is 3. The highest BCUT2D eigenvalue weighted by Gasteiger charge is 2.18. The van der Waals surface area contributed by atoms with Gasteiger partial charge in [0.25, 0.3) is 0 Å². The fraction of sp³-hybridized carbons (Fsp3) is 0.455. The number of hydrogen-bond acceptors (Lipinski definition) is 4. The highest BCUT2D eigenvalue weighted by Crippen LogP contribution is 2.26. The van der Waals surface area contributed by atoms with Crippen molar-refractivity contribution in [1.82, 2.24) is 14.8 Å². The molecule has 17 heavy (non-hydrogen) atoms. The third-order valence-electron chi connectivity index (χ3n) is 2.34. The third-order valence-corrected chi connectivity index (χ3v) is 4.27. The fourth-order valence-electron chi connectivity index (χ4n) is 1.38. The van der Waals surface area contributed by atoms with Crippen LogP contribution in [-0.4, -0.2) is 14.8 Å². The number of nitrogens with two attached hydrogens (primary N) is 1. The van der Waals surface area contributed by atoms with Gasteiger partial charge < -0.3 is 5.73 Å². The van der Waals surface area contributed by atoms with Gasteiger partial charge in [0.05, 0.1) is 27.9 Å². The molecule has 0 aliphatic heterocycles. The normalized spacial score (nSPS) is 12.0. The van der Waals surface area contributed by atoms with Crippen LogP contribution in [0.15, 0.2) is 16.0 Å². The first-order valence-electron chi connectivity index (χ1n) is 5.29. The van der Waals surface area contributed by atoms with E-state index in [1.54, 1.807) is 22.2 Å². The zero-order valence-corrected chi connectivity index (χ0v) is 12.5. The van der Waals surface area contributed by atoms with Crippen LogP contribution < -0.4 is 5.73 Å². The van der Waals surface area contributed by atoms with E-state index < -0.39 is 0 Å².